The van der Waals surface area contributed by atoms with Gasteiger partial charge in [-0.05, 0) is 19.1 Å². The number of rotatable bonds is 3. The summed E-state index contributed by atoms with van der Waals surface area (Å²) < 4.78 is 1.73. The quantitative estimate of drug-likeness (QED) is 0.707. The summed E-state index contributed by atoms with van der Waals surface area (Å²) in [4.78, 5) is 15.8. The third kappa shape index (κ3) is 1.93. The number of carbonyl (C=O) groups is 1. The second kappa shape index (κ2) is 4.04. The molecule has 0 fully saturated rings. The first kappa shape index (κ1) is 9.58. The summed E-state index contributed by atoms with van der Waals surface area (Å²) in [6.07, 6.45) is 6.56. The monoisotopic (exact) mass is 201 g/mol. The Kier molecular flexibility index (Phi) is 2.58. The third-order valence-corrected chi connectivity index (χ3v) is 2.16. The molecule has 0 saturated heterocycles. The molecule has 0 atom stereocenters. The van der Waals surface area contributed by atoms with Crippen molar-refractivity contribution in [2.24, 2.45) is 0 Å². The van der Waals surface area contributed by atoms with E-state index in [0.29, 0.717) is 11.1 Å². The normalized spacial score (nSPS) is 10.2. The molecule has 4 heteroatoms. The van der Waals surface area contributed by atoms with E-state index in [9.17, 15) is 4.79 Å². The second-order valence-electron chi connectivity index (χ2n) is 3.15. The van der Waals surface area contributed by atoms with Crippen LogP contribution in [-0.2, 0) is 6.54 Å². The Morgan fingerprint density at radius 1 is 1.33 bits per heavy atom. The second-order valence-corrected chi connectivity index (χ2v) is 3.15. The molecule has 0 aliphatic rings. The lowest BCUT2D eigenvalue weighted by Crippen LogP contribution is -2.00. The van der Waals surface area contributed by atoms with E-state index in [4.69, 9.17) is 0 Å². The highest BCUT2D eigenvalue weighted by molar-refractivity contribution is 6.08. The molecule has 0 aliphatic heterocycles. The summed E-state index contributed by atoms with van der Waals surface area (Å²) in [6.45, 7) is 2.75. The zero-order valence-corrected chi connectivity index (χ0v) is 8.42. The van der Waals surface area contributed by atoms with Gasteiger partial charge >= 0.3 is 0 Å². The van der Waals surface area contributed by atoms with Gasteiger partial charge < -0.3 is 0 Å². The van der Waals surface area contributed by atoms with E-state index in [1.165, 1.54) is 0 Å². The van der Waals surface area contributed by atoms with E-state index in [-0.39, 0.29) is 5.78 Å². The Hall–Kier alpha value is -1.97. The molecule has 0 unspecified atom stereocenters. The summed E-state index contributed by atoms with van der Waals surface area (Å²) in [6, 6.07) is 3.40. The molecule has 0 aliphatic carbocycles. The van der Waals surface area contributed by atoms with Crippen LogP contribution in [-0.4, -0.2) is 20.5 Å². The molecule has 2 aromatic rings. The van der Waals surface area contributed by atoms with Crippen LogP contribution in [0, 0.1) is 0 Å². The van der Waals surface area contributed by atoms with E-state index in [1.807, 2.05) is 6.92 Å². The molecule has 2 rings (SSSR count). The van der Waals surface area contributed by atoms with Gasteiger partial charge in [0.05, 0.1) is 11.8 Å². The van der Waals surface area contributed by atoms with Crippen molar-refractivity contribution >= 4 is 5.78 Å². The van der Waals surface area contributed by atoms with Crippen LogP contribution in [0.3, 0.4) is 0 Å². The molecule has 76 valence electrons. The van der Waals surface area contributed by atoms with Crippen molar-refractivity contribution in [2.75, 3.05) is 0 Å². The highest BCUT2D eigenvalue weighted by Gasteiger charge is 2.10. The first-order chi connectivity index (χ1) is 7.31. The fourth-order valence-electron chi connectivity index (χ4n) is 1.32. The lowest BCUT2D eigenvalue weighted by Gasteiger charge is -1.95. The highest BCUT2D eigenvalue weighted by atomic mass is 16.1. The van der Waals surface area contributed by atoms with E-state index in [0.717, 1.165) is 6.54 Å². The van der Waals surface area contributed by atoms with Crippen molar-refractivity contribution in [2.45, 2.75) is 13.5 Å². The molecular weight excluding hydrogens is 190 g/mol. The maximum Gasteiger partial charge on any atom is 0.196 e. The molecule has 0 saturated carbocycles. The number of ketones is 1. The predicted octanol–water partition coefficient (Wildman–Crippen LogP) is 1.53. The van der Waals surface area contributed by atoms with Gasteiger partial charge in [0.2, 0.25) is 0 Å². The predicted molar refractivity (Wildman–Crippen MR) is 55.6 cm³/mol. The minimum atomic E-state index is -0.0166. The number of nitrogens with zero attached hydrogens (tertiary/aromatic N) is 3. The Bertz CT molecular complexity index is 462. The molecule has 2 aromatic heterocycles. The van der Waals surface area contributed by atoms with Crippen molar-refractivity contribution in [1.82, 2.24) is 14.8 Å². The lowest BCUT2D eigenvalue weighted by molar-refractivity contribution is 0.103. The van der Waals surface area contributed by atoms with Gasteiger partial charge in [-0.25, -0.2) is 0 Å². The molecule has 0 N–H and O–H groups in total. The van der Waals surface area contributed by atoms with Crippen LogP contribution in [0.15, 0.2) is 36.9 Å². The highest BCUT2D eigenvalue weighted by Crippen LogP contribution is 2.07. The average Bonchev–Trinajstić information content (AvgIpc) is 2.78. The van der Waals surface area contributed by atoms with Gasteiger partial charge in [0.1, 0.15) is 0 Å². The van der Waals surface area contributed by atoms with Crippen molar-refractivity contribution in [3.63, 3.8) is 0 Å². The summed E-state index contributed by atoms with van der Waals surface area (Å²) in [5.41, 5.74) is 1.25. The van der Waals surface area contributed by atoms with Gasteiger partial charge in [-0.2, -0.15) is 5.10 Å². The SMILES string of the molecule is CCn1cc(C(=O)c2ccncc2)cn1. The largest absolute Gasteiger partial charge is 0.288 e. The molecule has 0 bridgehead atoms. The van der Waals surface area contributed by atoms with Gasteiger partial charge in [0.15, 0.2) is 5.78 Å². The Morgan fingerprint density at radius 3 is 2.67 bits per heavy atom. The minimum Gasteiger partial charge on any atom is -0.288 e. The van der Waals surface area contributed by atoms with Crippen LogP contribution >= 0.6 is 0 Å². The summed E-state index contributed by atoms with van der Waals surface area (Å²) in [7, 11) is 0. The standard InChI is InChI=1S/C11H11N3O/c1-2-14-8-10(7-13-14)11(15)9-3-5-12-6-4-9/h3-8H,2H2,1H3. The molecule has 2 heterocycles. The Morgan fingerprint density at radius 2 is 2.07 bits per heavy atom. The van der Waals surface area contributed by atoms with Crippen molar-refractivity contribution in [1.29, 1.82) is 0 Å². The zero-order valence-electron chi connectivity index (χ0n) is 8.42. The number of hydrogen-bond donors (Lipinski definition) is 0. The maximum absolute atomic E-state index is 11.9. The maximum atomic E-state index is 11.9. The van der Waals surface area contributed by atoms with E-state index >= 15 is 0 Å². The fourth-order valence-corrected chi connectivity index (χ4v) is 1.32. The van der Waals surface area contributed by atoms with Crippen molar-refractivity contribution in [3.8, 4) is 0 Å². The van der Waals surface area contributed by atoms with Crippen LogP contribution in [0.2, 0.25) is 0 Å². The molecule has 0 amide bonds. The topological polar surface area (TPSA) is 47.8 Å². The molecular formula is C11H11N3O. The Labute approximate surface area is 87.6 Å². The van der Waals surface area contributed by atoms with Crippen molar-refractivity contribution < 1.29 is 4.79 Å². The van der Waals surface area contributed by atoms with E-state index in [1.54, 1.807) is 41.6 Å². The van der Waals surface area contributed by atoms with Crippen LogP contribution in [0.5, 0.6) is 0 Å². The van der Waals surface area contributed by atoms with Gasteiger partial charge in [0.25, 0.3) is 0 Å². The van der Waals surface area contributed by atoms with Crippen LogP contribution in [0.25, 0.3) is 0 Å². The average molecular weight is 201 g/mol. The van der Waals surface area contributed by atoms with E-state index < -0.39 is 0 Å². The smallest absolute Gasteiger partial charge is 0.196 e. The summed E-state index contributed by atoms with van der Waals surface area (Å²) in [5, 5.41) is 4.06. The number of carbonyl (C=O) groups excluding carboxylic acids is 1. The first-order valence-electron chi connectivity index (χ1n) is 4.78. The van der Waals surface area contributed by atoms with Crippen LogP contribution < -0.4 is 0 Å². The summed E-state index contributed by atoms with van der Waals surface area (Å²) in [5.74, 6) is -0.0166. The van der Waals surface area contributed by atoms with E-state index in [2.05, 4.69) is 10.1 Å². The molecule has 0 radical (unpaired) electrons. The third-order valence-electron chi connectivity index (χ3n) is 2.16. The first-order valence-corrected chi connectivity index (χ1v) is 4.78. The molecule has 0 spiro atoms. The molecule has 15 heavy (non-hydrogen) atoms. The van der Waals surface area contributed by atoms with Gasteiger partial charge in [-0.15, -0.1) is 0 Å². The number of aromatic nitrogens is 3. The lowest BCUT2D eigenvalue weighted by atomic mass is 10.1. The fraction of sp³-hybridized carbons (Fsp3) is 0.182. The number of aryl methyl sites for hydroxylation is 1. The van der Waals surface area contributed by atoms with Gasteiger partial charge in [-0.1, -0.05) is 0 Å². The van der Waals surface area contributed by atoms with Gasteiger partial charge in [-0.3, -0.25) is 14.5 Å². The summed E-state index contributed by atoms with van der Waals surface area (Å²) >= 11 is 0. The molecule has 0 aromatic carbocycles. The Balaban J connectivity index is 2.29. The number of hydrogen-bond acceptors (Lipinski definition) is 3. The number of pyridine rings is 1. The van der Waals surface area contributed by atoms with Crippen molar-refractivity contribution in [3.05, 3.63) is 48.0 Å². The zero-order chi connectivity index (χ0) is 10.7. The van der Waals surface area contributed by atoms with Gasteiger partial charge in [0, 0.05) is 30.7 Å². The minimum absolute atomic E-state index is 0.0166. The molecule has 4 nitrogen and oxygen atoms in total. The van der Waals surface area contributed by atoms with Crippen LogP contribution in [0.1, 0.15) is 22.8 Å². The van der Waals surface area contributed by atoms with Crippen LogP contribution in [0.4, 0.5) is 0 Å².